The number of para-hydroxylation sites is 3. The molecule has 12 aromatic rings. The standard InChI is InChI=1S/C64H44N4O.Pt/c1-64(2,3)44-36-37-65-60(38-44)68-57-32-13-12-26-52(57)53-35-34-47(40-59(53)68)69-46-23-14-22-45(39-46)66-41-67-62-49(43-20-8-5-9-21-43)28-16-31-56(62)61-48(42-18-6-4-7-19-42)27-15-29-54(61)50-24-10-11-25-51(50)55-30-17-33-58(66)63(55)67;/h4-38H,1-3H3;/q-2;/i4D,5D,6D,7D,8D,9D,15D,18D,19D,20D,21D,27D,29D;. The van der Waals surface area contributed by atoms with Crippen molar-refractivity contribution in [1.82, 2.24) is 14.1 Å². The number of hydrogen-bond donors (Lipinski definition) is 0. The van der Waals surface area contributed by atoms with Gasteiger partial charge in [0, 0.05) is 44.3 Å². The van der Waals surface area contributed by atoms with Crippen LogP contribution in [0.15, 0.2) is 212 Å². The molecule has 0 fully saturated rings. The van der Waals surface area contributed by atoms with Crippen molar-refractivity contribution in [3.63, 3.8) is 0 Å². The molecule has 6 heteroatoms. The Balaban J connectivity index is 0.00000680. The Hall–Kier alpha value is -8.11. The van der Waals surface area contributed by atoms with Gasteiger partial charge in [-0.25, -0.2) is 4.98 Å². The molecule has 13 rings (SSSR count). The monoisotopic (exact) mass is 1090 g/mol. The number of imidazole rings is 1. The average Bonchev–Trinajstić information content (AvgIpc) is 3.08. The molecule has 4 heterocycles. The minimum atomic E-state index is -0.681. The maximum Gasteiger partial charge on any atom is 0.268 e. The van der Waals surface area contributed by atoms with E-state index in [1.54, 1.807) is 45.5 Å². The number of fused-ring (bicyclic) bond motifs is 10. The van der Waals surface area contributed by atoms with Crippen molar-refractivity contribution in [1.29, 1.82) is 0 Å². The first-order chi connectivity index (χ1) is 39.3. The third-order valence-electron chi connectivity index (χ3n) is 12.7. The molecule has 0 saturated carbocycles. The normalized spacial score (nSPS) is 14.4. The maximum absolute atomic E-state index is 9.76. The number of pyridine rings is 1. The van der Waals surface area contributed by atoms with E-state index in [4.69, 9.17) is 17.9 Å². The summed E-state index contributed by atoms with van der Waals surface area (Å²) >= 11 is 0. The Morgan fingerprint density at radius 1 is 0.557 bits per heavy atom. The van der Waals surface area contributed by atoms with E-state index >= 15 is 0 Å². The van der Waals surface area contributed by atoms with E-state index in [1.165, 1.54) is 0 Å². The molecule has 5 nitrogen and oxygen atoms in total. The maximum atomic E-state index is 9.76. The molecular formula is C64H44N4OPt-2. The van der Waals surface area contributed by atoms with E-state index in [0.29, 0.717) is 44.9 Å². The molecule has 0 bridgehead atoms. The van der Waals surface area contributed by atoms with Crippen molar-refractivity contribution in [3.8, 4) is 84.3 Å². The second-order valence-corrected chi connectivity index (χ2v) is 17.8. The second-order valence-electron chi connectivity index (χ2n) is 17.8. The van der Waals surface area contributed by atoms with Crippen LogP contribution in [0.4, 0.5) is 0 Å². The summed E-state index contributed by atoms with van der Waals surface area (Å²) in [6.45, 7) is 6.48. The zero-order valence-corrected chi connectivity index (χ0v) is 40.0. The predicted molar refractivity (Wildman–Crippen MR) is 279 cm³/mol. The van der Waals surface area contributed by atoms with Crippen LogP contribution in [0, 0.1) is 18.5 Å². The Kier molecular flexibility index (Phi) is 7.61. The fourth-order valence-corrected chi connectivity index (χ4v) is 9.59. The Bertz CT molecular complexity index is 4720. The molecule has 1 aliphatic heterocycles. The Morgan fingerprint density at radius 3 is 2.00 bits per heavy atom. The van der Waals surface area contributed by atoms with E-state index in [1.807, 2.05) is 79.0 Å². The van der Waals surface area contributed by atoms with E-state index in [-0.39, 0.29) is 71.1 Å². The molecule has 0 amide bonds. The molecule has 70 heavy (non-hydrogen) atoms. The second kappa shape index (κ2) is 17.1. The van der Waals surface area contributed by atoms with E-state index in [2.05, 4.69) is 62.0 Å². The van der Waals surface area contributed by atoms with Crippen molar-refractivity contribution in [2.24, 2.45) is 0 Å². The van der Waals surface area contributed by atoms with E-state index in [0.717, 1.165) is 33.2 Å². The molecule has 0 saturated heterocycles. The fraction of sp³-hybridized carbons (Fsp3) is 0.0625. The van der Waals surface area contributed by atoms with Gasteiger partial charge in [-0.2, -0.15) is 18.2 Å². The summed E-state index contributed by atoms with van der Waals surface area (Å²) < 4.78 is 131. The molecule has 0 aliphatic carbocycles. The first-order valence-electron chi connectivity index (χ1n) is 28.9. The summed E-state index contributed by atoms with van der Waals surface area (Å²) in [6, 6.07) is 38.4. The average molecular weight is 1090 g/mol. The van der Waals surface area contributed by atoms with Crippen molar-refractivity contribution >= 4 is 32.8 Å². The zero-order valence-electron chi connectivity index (χ0n) is 50.7. The van der Waals surface area contributed by atoms with Crippen LogP contribution in [0.1, 0.15) is 44.2 Å². The topological polar surface area (TPSA) is 35.9 Å². The summed E-state index contributed by atoms with van der Waals surface area (Å²) in [5.74, 6) is 1.46. The number of rotatable bonds is 6. The molecule has 3 aromatic heterocycles. The number of nitrogens with zero attached hydrogens (tertiary/aromatic N) is 4. The van der Waals surface area contributed by atoms with Crippen molar-refractivity contribution < 1.29 is 48.2 Å². The van der Waals surface area contributed by atoms with Gasteiger partial charge < -0.3 is 13.9 Å². The molecule has 338 valence electrons. The third kappa shape index (κ3) is 7.11. The molecule has 1 aliphatic rings. The first-order valence-corrected chi connectivity index (χ1v) is 22.4. The van der Waals surface area contributed by atoms with Gasteiger partial charge in [-0.05, 0) is 95.9 Å². The quantitative estimate of drug-likeness (QED) is 0.123. The summed E-state index contributed by atoms with van der Waals surface area (Å²) in [6.07, 6.45) is 5.38. The van der Waals surface area contributed by atoms with Gasteiger partial charge in [0.1, 0.15) is 5.82 Å². The van der Waals surface area contributed by atoms with Gasteiger partial charge >= 0.3 is 0 Å². The van der Waals surface area contributed by atoms with Gasteiger partial charge in [0.2, 0.25) is 0 Å². The van der Waals surface area contributed by atoms with Crippen LogP contribution in [0.5, 0.6) is 11.5 Å². The number of benzene rings is 9. The molecule has 0 unspecified atom stereocenters. The Morgan fingerprint density at radius 2 is 1.20 bits per heavy atom. The van der Waals surface area contributed by atoms with Gasteiger partial charge in [-0.3, -0.25) is 4.57 Å². The van der Waals surface area contributed by atoms with Gasteiger partial charge in [-0.1, -0.05) is 184 Å². The number of hydrogen-bond acceptors (Lipinski definition) is 2. The SMILES string of the molecule is [2H]c1c([2H])c([2H])c(-c2cccc3c2-[n+]2[c-]n(-c4[c-]c(Oc5[c-]c6c(cc5)c5ccccc5n6-c5cc(C(C)(C)C)ccn5)ccc4)c4cccc(c42)-c2ccccc2-c2c([2H])c([2H])c([2H])c(-c4c([2H])c([2H])c([2H])c([2H])c4[2H])c2-3)c([2H])c1[2H].[Pt]. The van der Waals surface area contributed by atoms with Crippen LogP contribution < -0.4 is 9.30 Å². The molecule has 9 aromatic carbocycles. The van der Waals surface area contributed by atoms with E-state index in [9.17, 15) is 9.60 Å². The van der Waals surface area contributed by atoms with Gasteiger partial charge in [0.15, 0.2) is 0 Å². The van der Waals surface area contributed by atoms with Gasteiger partial charge in [-0.15, -0.1) is 29.7 Å². The number of ether oxygens (including phenoxy) is 1. The van der Waals surface area contributed by atoms with Crippen molar-refractivity contribution in [2.45, 2.75) is 26.2 Å². The van der Waals surface area contributed by atoms with E-state index < -0.39 is 78.6 Å². The summed E-state index contributed by atoms with van der Waals surface area (Å²) in [5, 5.41) is 1.98. The Labute approximate surface area is 440 Å². The fourth-order valence-electron chi connectivity index (χ4n) is 9.59. The first kappa shape index (κ1) is 31.1. The number of aromatic nitrogens is 4. The van der Waals surface area contributed by atoms with Crippen molar-refractivity contribution in [3.05, 3.63) is 236 Å². The molecule has 0 spiro atoms. The van der Waals surface area contributed by atoms with Crippen LogP contribution in [-0.4, -0.2) is 14.1 Å². The van der Waals surface area contributed by atoms with Crippen LogP contribution in [-0.2, 0) is 26.5 Å². The molecule has 0 N–H and O–H groups in total. The third-order valence-corrected chi connectivity index (χ3v) is 12.7. The van der Waals surface area contributed by atoms with Crippen LogP contribution in [0.25, 0.3) is 106 Å². The summed E-state index contributed by atoms with van der Waals surface area (Å²) in [7, 11) is 0. The summed E-state index contributed by atoms with van der Waals surface area (Å²) in [4.78, 5) is 4.83. The minimum absolute atomic E-state index is 0. The molecular weight excluding hydrogens is 1040 g/mol. The minimum Gasteiger partial charge on any atom is -0.510 e. The van der Waals surface area contributed by atoms with Gasteiger partial charge in [0.05, 0.1) is 34.5 Å². The van der Waals surface area contributed by atoms with Crippen LogP contribution >= 0.6 is 0 Å². The summed E-state index contributed by atoms with van der Waals surface area (Å²) in [5.41, 5.74) is 5.45. The van der Waals surface area contributed by atoms with Crippen molar-refractivity contribution in [2.75, 3.05) is 0 Å². The van der Waals surface area contributed by atoms with Gasteiger partial charge in [0.25, 0.3) is 6.33 Å². The smallest absolute Gasteiger partial charge is 0.268 e. The van der Waals surface area contributed by atoms with Crippen LogP contribution in [0.2, 0.25) is 0 Å². The predicted octanol–water partition coefficient (Wildman–Crippen LogP) is 15.5. The van der Waals surface area contributed by atoms with Crippen LogP contribution in [0.3, 0.4) is 0 Å². The molecule has 0 radical (unpaired) electrons. The molecule has 0 atom stereocenters. The largest absolute Gasteiger partial charge is 0.510 e. The zero-order chi connectivity index (χ0) is 57.5.